The maximum atomic E-state index is 6.00. The number of nitrogens with zero attached hydrogens (tertiary/aromatic N) is 1. The molecule has 1 aliphatic carbocycles. The minimum Gasteiger partial charge on any atom is -0.377 e. The van der Waals surface area contributed by atoms with Crippen molar-refractivity contribution in [3.05, 3.63) is 0 Å². The first-order valence-electron chi connectivity index (χ1n) is 7.99. The summed E-state index contributed by atoms with van der Waals surface area (Å²) in [5.41, 5.74) is 0.276. The quantitative estimate of drug-likeness (QED) is 0.697. The Labute approximate surface area is 120 Å². The second-order valence-electron chi connectivity index (χ2n) is 6.81. The fraction of sp³-hybridized carbons (Fsp3) is 1.00. The van der Waals surface area contributed by atoms with Crippen LogP contribution in [0.3, 0.4) is 0 Å². The fourth-order valence-corrected chi connectivity index (χ4v) is 2.76. The van der Waals surface area contributed by atoms with E-state index >= 15 is 0 Å². The molecule has 0 bridgehead atoms. The zero-order valence-corrected chi connectivity index (χ0v) is 13.8. The summed E-state index contributed by atoms with van der Waals surface area (Å²) >= 11 is 0. The van der Waals surface area contributed by atoms with Gasteiger partial charge in [-0.1, -0.05) is 41.5 Å². The number of likely N-dealkylation sites (N-methyl/N-ethyl adjacent to an activating group) is 1. The van der Waals surface area contributed by atoms with Crippen LogP contribution in [0.15, 0.2) is 0 Å². The molecule has 19 heavy (non-hydrogen) atoms. The van der Waals surface area contributed by atoms with E-state index in [0.29, 0.717) is 18.1 Å². The molecule has 0 aromatic heterocycles. The summed E-state index contributed by atoms with van der Waals surface area (Å²) in [6.07, 6.45) is 1.60. The van der Waals surface area contributed by atoms with Crippen LogP contribution in [-0.2, 0) is 4.74 Å². The predicted octanol–water partition coefficient (Wildman–Crippen LogP) is 2.76. The summed E-state index contributed by atoms with van der Waals surface area (Å²) in [6, 6.07) is 0.611. The molecule has 3 heteroatoms. The van der Waals surface area contributed by atoms with Crippen LogP contribution in [0.25, 0.3) is 0 Å². The molecule has 0 radical (unpaired) electrons. The van der Waals surface area contributed by atoms with Gasteiger partial charge in [-0.15, -0.1) is 0 Å². The molecular weight excluding hydrogens is 236 g/mol. The third kappa shape index (κ3) is 4.73. The largest absolute Gasteiger partial charge is 0.377 e. The van der Waals surface area contributed by atoms with E-state index in [1.54, 1.807) is 0 Å². The minimum atomic E-state index is 0.276. The van der Waals surface area contributed by atoms with E-state index < -0.39 is 0 Å². The van der Waals surface area contributed by atoms with E-state index in [-0.39, 0.29) is 5.41 Å². The summed E-state index contributed by atoms with van der Waals surface area (Å²) in [6.45, 7) is 19.0. The van der Waals surface area contributed by atoms with Gasteiger partial charge in [-0.05, 0) is 25.4 Å². The zero-order valence-electron chi connectivity index (χ0n) is 13.8. The van der Waals surface area contributed by atoms with Crippen LogP contribution in [-0.4, -0.2) is 49.8 Å². The molecule has 0 aromatic carbocycles. The van der Waals surface area contributed by atoms with Gasteiger partial charge in [0.25, 0.3) is 0 Å². The average Bonchev–Trinajstić information content (AvgIpc) is 2.36. The summed E-state index contributed by atoms with van der Waals surface area (Å²) in [4.78, 5) is 2.46. The highest BCUT2D eigenvalue weighted by Gasteiger charge is 2.48. The highest BCUT2D eigenvalue weighted by molar-refractivity contribution is 5.02. The van der Waals surface area contributed by atoms with Gasteiger partial charge in [0.15, 0.2) is 0 Å². The van der Waals surface area contributed by atoms with E-state index in [1.807, 2.05) is 0 Å². The van der Waals surface area contributed by atoms with Crippen molar-refractivity contribution < 1.29 is 4.74 Å². The molecule has 0 amide bonds. The Hall–Kier alpha value is -0.120. The summed E-state index contributed by atoms with van der Waals surface area (Å²) < 4.78 is 6.00. The molecule has 1 N–H and O–H groups in total. The van der Waals surface area contributed by atoms with Crippen molar-refractivity contribution in [2.45, 2.75) is 60.1 Å². The van der Waals surface area contributed by atoms with Crippen LogP contribution in [0, 0.1) is 11.3 Å². The Morgan fingerprint density at radius 1 is 1.26 bits per heavy atom. The number of ether oxygens (including phenoxy) is 1. The second-order valence-corrected chi connectivity index (χ2v) is 6.81. The van der Waals surface area contributed by atoms with E-state index in [0.717, 1.165) is 39.2 Å². The minimum absolute atomic E-state index is 0.276. The molecule has 2 atom stereocenters. The molecule has 0 spiro atoms. The van der Waals surface area contributed by atoms with Gasteiger partial charge in [-0.25, -0.2) is 0 Å². The average molecular weight is 270 g/mol. The third-order valence-electron chi connectivity index (χ3n) is 4.52. The zero-order chi connectivity index (χ0) is 14.5. The first kappa shape index (κ1) is 16.9. The fourth-order valence-electron chi connectivity index (χ4n) is 2.76. The molecule has 0 aliphatic heterocycles. The first-order valence-corrected chi connectivity index (χ1v) is 7.99. The van der Waals surface area contributed by atoms with Gasteiger partial charge in [-0.3, -0.25) is 0 Å². The van der Waals surface area contributed by atoms with E-state index in [1.165, 1.54) is 0 Å². The van der Waals surface area contributed by atoms with Crippen molar-refractivity contribution in [1.82, 2.24) is 10.2 Å². The van der Waals surface area contributed by atoms with Gasteiger partial charge in [0.1, 0.15) is 0 Å². The number of hydrogen-bond acceptors (Lipinski definition) is 3. The van der Waals surface area contributed by atoms with E-state index in [9.17, 15) is 0 Å². The lowest BCUT2D eigenvalue weighted by molar-refractivity contribution is -0.123. The summed E-state index contributed by atoms with van der Waals surface area (Å²) in [5.74, 6) is 0.630. The molecule has 114 valence electrons. The molecule has 0 heterocycles. The van der Waals surface area contributed by atoms with Crippen LogP contribution in [0.4, 0.5) is 0 Å². The van der Waals surface area contributed by atoms with Crippen molar-refractivity contribution in [2.75, 3.05) is 32.8 Å². The third-order valence-corrected chi connectivity index (χ3v) is 4.52. The standard InChI is InChI=1S/C16H34N2O/c1-7-18(8-2)10-9-17-14-11-15(16(14,5)6)19-12-13(3)4/h13-15,17H,7-12H2,1-6H3. The topological polar surface area (TPSA) is 24.5 Å². The lowest BCUT2D eigenvalue weighted by Crippen LogP contribution is -2.61. The van der Waals surface area contributed by atoms with E-state index in [4.69, 9.17) is 4.74 Å². The van der Waals surface area contributed by atoms with Gasteiger partial charge in [0, 0.05) is 31.2 Å². The van der Waals surface area contributed by atoms with Crippen molar-refractivity contribution in [3.8, 4) is 0 Å². The van der Waals surface area contributed by atoms with Crippen molar-refractivity contribution in [2.24, 2.45) is 11.3 Å². The first-order chi connectivity index (χ1) is 8.91. The molecule has 2 unspecified atom stereocenters. The highest BCUT2D eigenvalue weighted by atomic mass is 16.5. The molecule has 0 saturated heterocycles. The second kappa shape index (κ2) is 7.61. The maximum Gasteiger partial charge on any atom is 0.0656 e. The van der Waals surface area contributed by atoms with Crippen LogP contribution in [0.1, 0.15) is 48.0 Å². The van der Waals surface area contributed by atoms with Crippen LogP contribution in [0.2, 0.25) is 0 Å². The smallest absolute Gasteiger partial charge is 0.0656 e. The Morgan fingerprint density at radius 2 is 1.89 bits per heavy atom. The van der Waals surface area contributed by atoms with Gasteiger partial charge >= 0.3 is 0 Å². The number of rotatable bonds is 9. The molecule has 1 saturated carbocycles. The Kier molecular flexibility index (Phi) is 6.78. The van der Waals surface area contributed by atoms with Gasteiger partial charge < -0.3 is 15.0 Å². The predicted molar refractivity (Wildman–Crippen MR) is 82.6 cm³/mol. The normalized spacial score (nSPS) is 25.9. The number of hydrogen-bond donors (Lipinski definition) is 1. The lowest BCUT2D eigenvalue weighted by Gasteiger charge is -2.52. The highest BCUT2D eigenvalue weighted by Crippen LogP contribution is 2.42. The molecule has 0 aromatic rings. The Bertz CT molecular complexity index is 249. The van der Waals surface area contributed by atoms with Crippen molar-refractivity contribution in [3.63, 3.8) is 0 Å². The van der Waals surface area contributed by atoms with Gasteiger partial charge in [0.05, 0.1) is 6.10 Å². The molecular formula is C16H34N2O. The van der Waals surface area contributed by atoms with Crippen LogP contribution >= 0.6 is 0 Å². The summed E-state index contributed by atoms with van der Waals surface area (Å²) in [5, 5.41) is 3.70. The van der Waals surface area contributed by atoms with Crippen molar-refractivity contribution in [1.29, 1.82) is 0 Å². The Balaban J connectivity index is 2.23. The van der Waals surface area contributed by atoms with Crippen molar-refractivity contribution >= 4 is 0 Å². The van der Waals surface area contributed by atoms with Gasteiger partial charge in [-0.2, -0.15) is 0 Å². The van der Waals surface area contributed by atoms with E-state index in [2.05, 4.69) is 51.8 Å². The molecule has 3 nitrogen and oxygen atoms in total. The lowest BCUT2D eigenvalue weighted by atomic mass is 9.64. The van der Waals surface area contributed by atoms with Crippen LogP contribution in [0.5, 0.6) is 0 Å². The SMILES string of the molecule is CCN(CC)CCNC1CC(OCC(C)C)C1(C)C. The maximum absolute atomic E-state index is 6.00. The monoisotopic (exact) mass is 270 g/mol. The van der Waals surface area contributed by atoms with Crippen LogP contribution < -0.4 is 5.32 Å². The molecule has 1 fully saturated rings. The molecule has 1 rings (SSSR count). The summed E-state index contributed by atoms with van der Waals surface area (Å²) in [7, 11) is 0. The number of nitrogens with one attached hydrogen (secondary N) is 1. The Morgan fingerprint density at radius 3 is 2.37 bits per heavy atom. The van der Waals surface area contributed by atoms with Gasteiger partial charge in [0.2, 0.25) is 0 Å². The molecule has 1 aliphatic rings.